The topological polar surface area (TPSA) is 183 Å². The van der Waals surface area contributed by atoms with E-state index in [2.05, 4.69) is 6.58 Å². The van der Waals surface area contributed by atoms with E-state index in [-0.39, 0.29) is 18.4 Å². The van der Waals surface area contributed by atoms with Gasteiger partial charge in [-0.25, -0.2) is 4.79 Å². The number of hydrogen-bond acceptors (Lipinski definition) is 10. The lowest BCUT2D eigenvalue weighted by Crippen LogP contribution is -2.75. The lowest BCUT2D eigenvalue weighted by molar-refractivity contribution is -0.420. The van der Waals surface area contributed by atoms with Crippen LogP contribution in [0.1, 0.15) is 26.2 Å². The second-order valence-corrected chi connectivity index (χ2v) is 8.02. The maximum Gasteiger partial charge on any atom is 0.333 e. The first kappa shape index (κ1) is 26.4. The third-order valence-corrected chi connectivity index (χ3v) is 6.42. The first-order chi connectivity index (χ1) is 15.0. The smallest absolute Gasteiger partial charge is 0.333 e. The highest BCUT2D eigenvalue weighted by molar-refractivity contribution is 5.90. The zero-order valence-electron chi connectivity index (χ0n) is 18.1. The molecule has 0 saturated carbocycles. The van der Waals surface area contributed by atoms with Crippen molar-refractivity contribution >= 4 is 11.9 Å². The molecule has 2 aliphatic rings. The molecule has 8 atom stereocenters. The molecule has 1 aliphatic carbocycles. The van der Waals surface area contributed by atoms with Gasteiger partial charge in [-0.1, -0.05) is 19.1 Å². The van der Waals surface area contributed by atoms with E-state index in [1.807, 2.05) is 0 Å². The number of aliphatic hydroxyl groups is 5. The quantitative estimate of drug-likeness (QED) is 0.178. The molecule has 8 unspecified atom stereocenters. The van der Waals surface area contributed by atoms with E-state index in [1.54, 1.807) is 0 Å². The van der Waals surface area contributed by atoms with Crippen molar-refractivity contribution in [3.05, 3.63) is 24.3 Å². The van der Waals surface area contributed by atoms with Gasteiger partial charge in [-0.05, 0) is 12.8 Å². The van der Waals surface area contributed by atoms with Gasteiger partial charge in [0.1, 0.15) is 30.5 Å². The molecule has 1 aliphatic heterocycles. The zero-order valence-corrected chi connectivity index (χ0v) is 18.1. The summed E-state index contributed by atoms with van der Waals surface area (Å²) in [5, 5.41) is 61.1. The molecule has 1 heterocycles. The largest absolute Gasteiger partial charge is 0.481 e. The highest BCUT2D eigenvalue weighted by atomic mass is 16.7. The third kappa shape index (κ3) is 4.46. The Balaban J connectivity index is 2.50. The molecule has 0 spiro atoms. The lowest BCUT2D eigenvalue weighted by Gasteiger charge is -2.56. The van der Waals surface area contributed by atoms with Crippen molar-refractivity contribution in [1.82, 2.24) is 0 Å². The highest BCUT2D eigenvalue weighted by Crippen LogP contribution is 2.45. The fourth-order valence-corrected chi connectivity index (χ4v) is 4.58. The van der Waals surface area contributed by atoms with Crippen LogP contribution in [0.15, 0.2) is 24.3 Å². The van der Waals surface area contributed by atoms with Gasteiger partial charge in [0.25, 0.3) is 0 Å². The molecule has 1 saturated heterocycles. The van der Waals surface area contributed by atoms with Gasteiger partial charge in [-0.3, -0.25) is 4.79 Å². The lowest BCUT2D eigenvalue weighted by atomic mass is 9.73. The van der Waals surface area contributed by atoms with Gasteiger partial charge < -0.3 is 44.8 Å². The Kier molecular flexibility index (Phi) is 8.56. The number of carboxylic acid groups (broad SMARTS) is 1. The number of carbonyl (C=O) groups is 2. The molecule has 0 amide bonds. The van der Waals surface area contributed by atoms with Crippen molar-refractivity contribution in [3.8, 4) is 0 Å². The standard InChI is InChI=1S/C21H32O11/c1-4-11-13(8-16(24)25)12(19(28)30-3)6-7-14(11)31-21(10-23)20(29,5-2)18(27)17(26)15(9-22)32-21/h4,6,11,13-15,17-18,22-23,26-27,29H,1,5,7-10H2,2-3H3,(H,24,25). The van der Waals surface area contributed by atoms with E-state index in [1.165, 1.54) is 26.2 Å². The number of carboxylic acids is 1. The first-order valence-corrected chi connectivity index (χ1v) is 10.3. The maximum absolute atomic E-state index is 12.2. The molecule has 0 bridgehead atoms. The van der Waals surface area contributed by atoms with Crippen molar-refractivity contribution in [2.45, 2.75) is 62.0 Å². The number of rotatable bonds is 9. The minimum atomic E-state index is -2.27. The predicted octanol–water partition coefficient (Wildman–Crippen LogP) is -1.29. The number of ether oxygens (including phenoxy) is 3. The summed E-state index contributed by atoms with van der Waals surface area (Å²) in [5.41, 5.74) is -2.13. The van der Waals surface area contributed by atoms with Crippen LogP contribution in [0, 0.1) is 11.8 Å². The van der Waals surface area contributed by atoms with Gasteiger partial charge in [0.05, 0.1) is 26.2 Å². The summed E-state index contributed by atoms with van der Waals surface area (Å²) in [6.07, 6.45) is -3.51. The molecular weight excluding hydrogens is 428 g/mol. The van der Waals surface area contributed by atoms with Crippen LogP contribution in [0.4, 0.5) is 0 Å². The van der Waals surface area contributed by atoms with Crippen LogP contribution < -0.4 is 0 Å². The van der Waals surface area contributed by atoms with Crippen LogP contribution >= 0.6 is 0 Å². The summed E-state index contributed by atoms with van der Waals surface area (Å²) in [6.45, 7) is 3.53. The summed E-state index contributed by atoms with van der Waals surface area (Å²) in [4.78, 5) is 23.7. The number of methoxy groups -OCH3 is 1. The Hall–Kier alpha value is -1.86. The number of aliphatic carboxylic acids is 1. The summed E-state index contributed by atoms with van der Waals surface area (Å²) in [6, 6.07) is 0. The molecular formula is C21H32O11. The summed E-state index contributed by atoms with van der Waals surface area (Å²) >= 11 is 0. The Morgan fingerprint density at radius 2 is 2.00 bits per heavy atom. The molecule has 0 radical (unpaired) electrons. The minimum absolute atomic E-state index is 0.0462. The van der Waals surface area contributed by atoms with E-state index in [0.717, 1.165) is 0 Å². The first-order valence-electron chi connectivity index (χ1n) is 10.3. The van der Waals surface area contributed by atoms with Crippen LogP contribution in [-0.2, 0) is 23.8 Å². The van der Waals surface area contributed by atoms with Gasteiger partial charge in [0.2, 0.25) is 5.79 Å². The molecule has 11 heteroatoms. The summed E-state index contributed by atoms with van der Waals surface area (Å²) in [7, 11) is 1.17. The van der Waals surface area contributed by atoms with Crippen molar-refractivity contribution in [3.63, 3.8) is 0 Å². The Morgan fingerprint density at radius 1 is 1.34 bits per heavy atom. The molecule has 11 nitrogen and oxygen atoms in total. The van der Waals surface area contributed by atoms with E-state index in [9.17, 15) is 40.2 Å². The van der Waals surface area contributed by atoms with Crippen molar-refractivity contribution in [2.24, 2.45) is 11.8 Å². The fourth-order valence-electron chi connectivity index (χ4n) is 4.58. The number of carbonyl (C=O) groups excluding carboxylic acids is 1. The Labute approximate surface area is 185 Å². The minimum Gasteiger partial charge on any atom is -0.481 e. The molecule has 1 fully saturated rings. The number of hydrogen-bond donors (Lipinski definition) is 6. The third-order valence-electron chi connectivity index (χ3n) is 6.42. The maximum atomic E-state index is 12.2. The number of aliphatic hydroxyl groups excluding tert-OH is 4. The molecule has 0 aromatic heterocycles. The van der Waals surface area contributed by atoms with E-state index in [0.29, 0.717) is 0 Å². The van der Waals surface area contributed by atoms with Gasteiger partial charge in [0.15, 0.2) is 0 Å². The van der Waals surface area contributed by atoms with Crippen LogP contribution in [0.2, 0.25) is 0 Å². The molecule has 2 rings (SSSR count). The molecule has 0 aromatic carbocycles. The normalized spacial score (nSPS) is 39.8. The van der Waals surface area contributed by atoms with Crippen LogP contribution in [0.5, 0.6) is 0 Å². The number of esters is 1. The van der Waals surface area contributed by atoms with Gasteiger partial charge in [0, 0.05) is 17.4 Å². The molecule has 0 aromatic rings. The molecule has 182 valence electrons. The highest BCUT2D eigenvalue weighted by Gasteiger charge is 2.64. The Morgan fingerprint density at radius 3 is 2.47 bits per heavy atom. The van der Waals surface area contributed by atoms with Crippen LogP contribution in [-0.4, -0.2) is 98.7 Å². The molecule has 6 N–H and O–H groups in total. The summed E-state index contributed by atoms with van der Waals surface area (Å²) < 4.78 is 16.4. The second kappa shape index (κ2) is 10.4. The average Bonchev–Trinajstić information content (AvgIpc) is 2.78. The van der Waals surface area contributed by atoms with Crippen molar-refractivity contribution in [2.75, 3.05) is 20.3 Å². The van der Waals surface area contributed by atoms with E-state index in [4.69, 9.17) is 14.2 Å². The average molecular weight is 460 g/mol. The zero-order chi connectivity index (χ0) is 24.3. The van der Waals surface area contributed by atoms with E-state index >= 15 is 0 Å². The SMILES string of the molecule is C=CC1C(OC2(CO)OC(CO)C(O)C(O)C2(O)CC)CC=C(C(=O)OC)C1CC(=O)O. The fraction of sp³-hybridized carbons (Fsp3) is 0.714. The Bertz CT molecular complexity index is 737. The van der Waals surface area contributed by atoms with Crippen molar-refractivity contribution in [1.29, 1.82) is 0 Å². The van der Waals surface area contributed by atoms with E-state index < -0.39 is 79.2 Å². The summed E-state index contributed by atoms with van der Waals surface area (Å²) in [5.74, 6) is -5.78. The van der Waals surface area contributed by atoms with Crippen LogP contribution in [0.25, 0.3) is 0 Å². The van der Waals surface area contributed by atoms with Crippen LogP contribution in [0.3, 0.4) is 0 Å². The van der Waals surface area contributed by atoms with Gasteiger partial charge in [-0.2, -0.15) is 0 Å². The molecule has 32 heavy (non-hydrogen) atoms. The van der Waals surface area contributed by atoms with Gasteiger partial charge in [-0.15, -0.1) is 6.58 Å². The predicted molar refractivity (Wildman–Crippen MR) is 108 cm³/mol. The van der Waals surface area contributed by atoms with Gasteiger partial charge >= 0.3 is 11.9 Å². The van der Waals surface area contributed by atoms with Crippen molar-refractivity contribution < 1.29 is 54.4 Å². The monoisotopic (exact) mass is 460 g/mol. The second-order valence-electron chi connectivity index (χ2n) is 8.02.